The minimum absolute atomic E-state index is 0.0641. The van der Waals surface area contributed by atoms with E-state index in [4.69, 9.17) is 0 Å². The van der Waals surface area contributed by atoms with Crippen molar-refractivity contribution in [2.24, 2.45) is 0 Å². The Morgan fingerprint density at radius 1 is 1.86 bits per heavy atom. The van der Waals surface area contributed by atoms with E-state index in [0.29, 0.717) is 0 Å². The Labute approximate surface area is 87.2 Å². The maximum Gasteiger partial charge on any atom is 0.252 e. The second-order valence-corrected chi connectivity index (χ2v) is 3.80. The van der Waals surface area contributed by atoms with Crippen molar-refractivity contribution in [1.82, 2.24) is 10.3 Å². The molecule has 0 radical (unpaired) electrons. The summed E-state index contributed by atoms with van der Waals surface area (Å²) < 4.78 is 0. The van der Waals surface area contributed by atoms with E-state index in [1.165, 1.54) is 6.08 Å². The summed E-state index contributed by atoms with van der Waals surface area (Å²) in [7, 11) is 0. The Kier molecular flexibility index (Phi) is 3.63. The highest BCUT2D eigenvalue weighted by Crippen LogP contribution is 2.16. The number of hydrogen-bond acceptors (Lipinski definition) is 3. The lowest BCUT2D eigenvalue weighted by Crippen LogP contribution is -2.24. The molecule has 1 rings (SSSR count). The summed E-state index contributed by atoms with van der Waals surface area (Å²) in [6, 6.07) is -0.0641. The van der Waals surface area contributed by atoms with Crippen LogP contribution in [0.5, 0.6) is 0 Å². The predicted molar refractivity (Wildman–Crippen MR) is 57.1 cm³/mol. The molecule has 0 aliphatic carbocycles. The molecule has 0 aliphatic heterocycles. The van der Waals surface area contributed by atoms with Gasteiger partial charge in [0, 0.05) is 17.2 Å². The van der Waals surface area contributed by atoms with Gasteiger partial charge in [0.25, 0.3) is 5.91 Å². The first-order valence-electron chi connectivity index (χ1n) is 4.22. The molecule has 4 heteroatoms. The Morgan fingerprint density at radius 2 is 2.57 bits per heavy atom. The fourth-order valence-electron chi connectivity index (χ4n) is 0.981. The van der Waals surface area contributed by atoms with E-state index in [2.05, 4.69) is 22.6 Å². The highest BCUT2D eigenvalue weighted by molar-refractivity contribution is 7.09. The molecule has 0 spiro atoms. The van der Waals surface area contributed by atoms with Gasteiger partial charge in [-0.2, -0.15) is 0 Å². The molecule has 3 nitrogen and oxygen atoms in total. The topological polar surface area (TPSA) is 42.0 Å². The highest BCUT2D eigenvalue weighted by Gasteiger charge is 2.10. The summed E-state index contributed by atoms with van der Waals surface area (Å²) in [5.41, 5.74) is 3.40. The van der Waals surface area contributed by atoms with Crippen LogP contribution in [-0.2, 0) is 4.79 Å². The number of amides is 1. The number of nitrogens with one attached hydrogen (secondary N) is 1. The average molecular weight is 208 g/mol. The van der Waals surface area contributed by atoms with Gasteiger partial charge in [-0.15, -0.1) is 17.1 Å². The summed E-state index contributed by atoms with van der Waals surface area (Å²) in [6.07, 6.45) is 1.27. The van der Waals surface area contributed by atoms with E-state index in [1.54, 1.807) is 11.3 Å². The first-order chi connectivity index (χ1) is 6.63. The van der Waals surface area contributed by atoms with E-state index in [-0.39, 0.29) is 11.9 Å². The normalized spacial score (nSPS) is 11.6. The van der Waals surface area contributed by atoms with Gasteiger partial charge in [0.15, 0.2) is 0 Å². The van der Waals surface area contributed by atoms with Crippen molar-refractivity contribution in [1.29, 1.82) is 0 Å². The van der Waals surface area contributed by atoms with E-state index < -0.39 is 0 Å². The molecular weight excluding hydrogens is 196 g/mol. The Hall–Kier alpha value is -1.38. The number of thiazole rings is 1. The molecule has 1 N–H and O–H groups in total. The quantitative estimate of drug-likeness (QED) is 0.609. The van der Waals surface area contributed by atoms with Gasteiger partial charge >= 0.3 is 0 Å². The van der Waals surface area contributed by atoms with Crippen molar-refractivity contribution >= 4 is 17.2 Å². The number of hydrogen-bond donors (Lipinski definition) is 1. The molecule has 1 atom stereocenters. The lowest BCUT2D eigenvalue weighted by molar-refractivity contribution is -0.117. The number of rotatable bonds is 3. The molecule has 0 fully saturated rings. The maximum atomic E-state index is 11.1. The van der Waals surface area contributed by atoms with Crippen molar-refractivity contribution in [3.63, 3.8) is 0 Å². The van der Waals surface area contributed by atoms with E-state index >= 15 is 0 Å². The Balaban J connectivity index is 2.62. The Bertz CT molecular complexity index is 377. The van der Waals surface area contributed by atoms with Crippen molar-refractivity contribution in [2.75, 3.05) is 0 Å². The first-order valence-corrected chi connectivity index (χ1v) is 5.10. The van der Waals surface area contributed by atoms with Gasteiger partial charge < -0.3 is 5.32 Å². The molecule has 0 aromatic carbocycles. The lowest BCUT2D eigenvalue weighted by Gasteiger charge is -2.08. The fourth-order valence-corrected chi connectivity index (χ4v) is 1.78. The zero-order valence-electron chi connectivity index (χ0n) is 8.20. The summed E-state index contributed by atoms with van der Waals surface area (Å²) in [6.45, 7) is 7.16. The predicted octanol–water partition coefficient (Wildman–Crippen LogP) is 1.97. The monoisotopic (exact) mass is 208 g/mol. The van der Waals surface area contributed by atoms with Gasteiger partial charge in [0.1, 0.15) is 5.01 Å². The van der Waals surface area contributed by atoms with E-state index in [9.17, 15) is 4.79 Å². The molecule has 1 aromatic rings. The largest absolute Gasteiger partial charge is 0.343 e. The summed E-state index contributed by atoms with van der Waals surface area (Å²) in [4.78, 5) is 15.4. The first kappa shape index (κ1) is 10.7. The van der Waals surface area contributed by atoms with Gasteiger partial charge in [-0.05, 0) is 13.8 Å². The lowest BCUT2D eigenvalue weighted by atomic mass is 10.3. The van der Waals surface area contributed by atoms with Crippen LogP contribution in [0.25, 0.3) is 0 Å². The van der Waals surface area contributed by atoms with Crippen molar-refractivity contribution < 1.29 is 4.79 Å². The van der Waals surface area contributed by atoms with Crippen molar-refractivity contribution in [3.8, 4) is 0 Å². The van der Waals surface area contributed by atoms with Crippen LogP contribution in [0.4, 0.5) is 0 Å². The Morgan fingerprint density at radius 3 is 3.07 bits per heavy atom. The molecular formula is C10H12N2OS. The third-order valence-corrected chi connectivity index (χ3v) is 2.74. The van der Waals surface area contributed by atoms with Crippen LogP contribution < -0.4 is 5.32 Å². The van der Waals surface area contributed by atoms with E-state index in [1.807, 2.05) is 19.2 Å². The molecule has 1 amide bonds. The van der Waals surface area contributed by atoms with Crippen molar-refractivity contribution in [2.45, 2.75) is 19.9 Å². The number of carbonyl (C=O) groups is 1. The number of aromatic nitrogens is 1. The molecule has 1 heterocycles. The number of aryl methyl sites for hydroxylation is 1. The van der Waals surface area contributed by atoms with Crippen LogP contribution in [-0.4, -0.2) is 10.9 Å². The second-order valence-electron chi connectivity index (χ2n) is 2.91. The summed E-state index contributed by atoms with van der Waals surface area (Å²) in [5.74, 6) is -0.194. The van der Waals surface area contributed by atoms with Crippen molar-refractivity contribution in [3.05, 3.63) is 34.5 Å². The average Bonchev–Trinajstić information content (AvgIpc) is 2.52. The van der Waals surface area contributed by atoms with Gasteiger partial charge in [-0.25, -0.2) is 4.98 Å². The summed E-state index contributed by atoms with van der Waals surface area (Å²) >= 11 is 1.54. The van der Waals surface area contributed by atoms with Crippen LogP contribution >= 0.6 is 11.3 Å². The number of carbonyl (C=O) groups excluding carboxylic acids is 1. The smallest absolute Gasteiger partial charge is 0.252 e. The third kappa shape index (κ3) is 2.83. The standard InChI is InChI=1S/C10H12N2OS/c1-4-5-9(13)12-8(3)10-11-7(2)6-14-10/h5-6,8H,1H2,2-3H3,(H,12,13). The molecule has 74 valence electrons. The molecule has 0 aliphatic rings. The van der Waals surface area contributed by atoms with Crippen LogP contribution in [0, 0.1) is 6.92 Å². The number of nitrogens with zero attached hydrogens (tertiary/aromatic N) is 1. The van der Waals surface area contributed by atoms with Crippen LogP contribution in [0.2, 0.25) is 0 Å². The van der Waals surface area contributed by atoms with E-state index in [0.717, 1.165) is 10.7 Å². The molecule has 1 aromatic heterocycles. The molecule has 1 unspecified atom stereocenters. The van der Waals surface area contributed by atoms with Gasteiger partial charge in [-0.3, -0.25) is 4.79 Å². The highest BCUT2D eigenvalue weighted by atomic mass is 32.1. The zero-order chi connectivity index (χ0) is 10.6. The van der Waals surface area contributed by atoms with Crippen LogP contribution in [0.15, 0.2) is 23.8 Å². The second kappa shape index (κ2) is 4.74. The zero-order valence-corrected chi connectivity index (χ0v) is 9.02. The molecule has 14 heavy (non-hydrogen) atoms. The SMILES string of the molecule is C=C=CC(=O)NC(C)c1nc(C)cs1. The maximum absolute atomic E-state index is 11.1. The molecule has 0 bridgehead atoms. The van der Waals surface area contributed by atoms with Gasteiger partial charge in [0.2, 0.25) is 0 Å². The van der Waals surface area contributed by atoms with Gasteiger partial charge in [0.05, 0.1) is 6.04 Å². The summed E-state index contributed by atoms with van der Waals surface area (Å²) in [5, 5.41) is 5.63. The minimum atomic E-state index is -0.194. The third-order valence-electron chi connectivity index (χ3n) is 1.60. The van der Waals surface area contributed by atoms with Crippen LogP contribution in [0.1, 0.15) is 23.7 Å². The fraction of sp³-hybridized carbons (Fsp3) is 0.300. The molecule has 0 saturated heterocycles. The van der Waals surface area contributed by atoms with Crippen LogP contribution in [0.3, 0.4) is 0 Å². The minimum Gasteiger partial charge on any atom is -0.343 e. The molecule has 0 saturated carbocycles. The van der Waals surface area contributed by atoms with Gasteiger partial charge in [-0.1, -0.05) is 6.58 Å².